The molecule has 1 heterocycles. The number of phenolic OH excluding ortho intramolecular Hbond substituents is 2. The van der Waals surface area contributed by atoms with Gasteiger partial charge in [-0.05, 0) is 95.7 Å². The van der Waals surface area contributed by atoms with Crippen molar-refractivity contribution in [2.24, 2.45) is 0 Å². The van der Waals surface area contributed by atoms with Crippen LogP contribution in [0.5, 0.6) is 17.2 Å². The van der Waals surface area contributed by atoms with E-state index in [9.17, 15) is 45.0 Å². The summed E-state index contributed by atoms with van der Waals surface area (Å²) in [5, 5.41) is 30.4. The Morgan fingerprint density at radius 2 is 1.38 bits per heavy atom. The van der Waals surface area contributed by atoms with Gasteiger partial charge in [0, 0.05) is 11.7 Å². The number of halogens is 6. The zero-order chi connectivity index (χ0) is 34.6. The topological polar surface area (TPSA) is 145 Å². The standard InChI is InChI=1S/C29H25F3N2O5S.C2HF3O2/c30-29(31,32)39-23-9-11-24(12-10-23)40(37,38)34-22-7-5-20(6-8-22)19-3-1-18(2-4-19)15-26-25-17-28(36)27(35)16-21(25)13-14-33-26;3-2(4,5)1(6)7/h1-12,16-17,26,33-36H,13-15H2;(H,6,7). The van der Waals surface area contributed by atoms with Crippen molar-refractivity contribution in [2.75, 3.05) is 11.3 Å². The number of carboxylic acid groups (broad SMARTS) is 1. The zero-order valence-electron chi connectivity index (χ0n) is 23.9. The highest BCUT2D eigenvalue weighted by Crippen LogP contribution is 2.35. The summed E-state index contributed by atoms with van der Waals surface area (Å²) in [6.07, 6.45) is -8.48. The number of anilines is 1. The lowest BCUT2D eigenvalue weighted by molar-refractivity contribution is -0.274. The van der Waals surface area contributed by atoms with E-state index in [-0.39, 0.29) is 22.4 Å². The lowest BCUT2D eigenvalue weighted by Crippen LogP contribution is -2.31. The fourth-order valence-corrected chi connectivity index (χ4v) is 5.74. The second kappa shape index (κ2) is 13.8. The quantitative estimate of drug-likeness (QED) is 0.109. The van der Waals surface area contributed by atoms with Gasteiger partial charge in [-0.25, -0.2) is 13.2 Å². The Hall–Kier alpha value is -4.96. The van der Waals surface area contributed by atoms with E-state index in [1.807, 2.05) is 24.3 Å². The molecule has 0 aromatic heterocycles. The van der Waals surface area contributed by atoms with Crippen LogP contribution in [-0.4, -0.2) is 48.8 Å². The minimum absolute atomic E-state index is 0.00164. The fraction of sp³-hybridized carbons (Fsp3) is 0.194. The molecule has 1 aliphatic heterocycles. The minimum Gasteiger partial charge on any atom is -0.504 e. The van der Waals surface area contributed by atoms with Crippen molar-refractivity contribution in [2.45, 2.75) is 36.3 Å². The molecule has 4 aromatic carbocycles. The van der Waals surface area contributed by atoms with Gasteiger partial charge in [0.2, 0.25) is 0 Å². The van der Waals surface area contributed by atoms with Gasteiger partial charge in [-0.2, -0.15) is 13.2 Å². The Morgan fingerprint density at radius 3 is 1.91 bits per heavy atom. The number of rotatable bonds is 7. The lowest BCUT2D eigenvalue weighted by Gasteiger charge is -2.27. The summed E-state index contributed by atoms with van der Waals surface area (Å²) in [6, 6.07) is 21.9. The first-order valence-corrected chi connectivity index (χ1v) is 15.1. The molecule has 0 amide bonds. The molecule has 47 heavy (non-hydrogen) atoms. The molecule has 0 saturated carbocycles. The monoisotopic (exact) mass is 684 g/mol. The van der Waals surface area contributed by atoms with Crippen LogP contribution in [0, 0.1) is 0 Å². The summed E-state index contributed by atoms with van der Waals surface area (Å²) < 4.78 is 100. The predicted molar refractivity (Wildman–Crippen MR) is 157 cm³/mol. The number of aromatic hydroxyl groups is 2. The summed E-state index contributed by atoms with van der Waals surface area (Å²) in [6.45, 7) is 0.772. The summed E-state index contributed by atoms with van der Waals surface area (Å²) in [4.78, 5) is 8.69. The van der Waals surface area contributed by atoms with Crippen molar-refractivity contribution in [1.82, 2.24) is 5.32 Å². The Balaban J connectivity index is 0.000000644. The maximum absolute atomic E-state index is 12.7. The van der Waals surface area contributed by atoms with E-state index >= 15 is 0 Å². The molecule has 250 valence electrons. The van der Waals surface area contributed by atoms with Crippen LogP contribution in [0.3, 0.4) is 0 Å². The maximum atomic E-state index is 12.7. The van der Waals surface area contributed by atoms with E-state index < -0.39 is 34.3 Å². The molecule has 9 nitrogen and oxygen atoms in total. The normalized spacial score (nSPS) is 14.7. The van der Waals surface area contributed by atoms with Crippen LogP contribution in [0.4, 0.5) is 32.0 Å². The highest BCUT2D eigenvalue weighted by molar-refractivity contribution is 7.92. The Kier molecular flexibility index (Phi) is 10.3. The smallest absolute Gasteiger partial charge is 0.504 e. The summed E-state index contributed by atoms with van der Waals surface area (Å²) in [7, 11) is -4.02. The number of ether oxygens (including phenoxy) is 1. The molecule has 5 rings (SSSR count). The molecule has 1 unspecified atom stereocenters. The zero-order valence-corrected chi connectivity index (χ0v) is 24.7. The molecule has 1 aliphatic rings. The van der Waals surface area contributed by atoms with Crippen LogP contribution >= 0.6 is 0 Å². The van der Waals surface area contributed by atoms with E-state index in [1.54, 1.807) is 36.4 Å². The van der Waals surface area contributed by atoms with Crippen molar-refractivity contribution >= 4 is 21.7 Å². The number of nitrogens with one attached hydrogen (secondary N) is 2. The average molecular weight is 685 g/mol. The van der Waals surface area contributed by atoms with Gasteiger partial charge in [-0.15, -0.1) is 13.2 Å². The van der Waals surface area contributed by atoms with Gasteiger partial charge in [0.25, 0.3) is 10.0 Å². The van der Waals surface area contributed by atoms with Crippen molar-refractivity contribution in [3.8, 4) is 28.4 Å². The largest absolute Gasteiger partial charge is 0.573 e. The highest BCUT2D eigenvalue weighted by Gasteiger charge is 2.38. The summed E-state index contributed by atoms with van der Waals surface area (Å²) in [5.41, 5.74) is 5.15. The Bertz CT molecular complexity index is 1810. The molecule has 0 saturated heterocycles. The average Bonchev–Trinajstić information content (AvgIpc) is 2.98. The maximum Gasteiger partial charge on any atom is 0.573 e. The Labute approximate surface area is 264 Å². The summed E-state index contributed by atoms with van der Waals surface area (Å²) in [5.74, 6) is -3.52. The van der Waals surface area contributed by atoms with Crippen LogP contribution < -0.4 is 14.8 Å². The van der Waals surface area contributed by atoms with Gasteiger partial charge in [0.05, 0.1) is 4.90 Å². The van der Waals surface area contributed by atoms with Crippen molar-refractivity contribution in [1.29, 1.82) is 0 Å². The number of sulfonamides is 1. The second-order valence-electron chi connectivity index (χ2n) is 10.2. The van der Waals surface area contributed by atoms with Gasteiger partial charge in [-0.3, -0.25) is 4.72 Å². The number of benzene rings is 4. The molecule has 4 aromatic rings. The molecule has 0 spiro atoms. The molecule has 0 radical (unpaired) electrons. The number of carboxylic acids is 1. The van der Waals surface area contributed by atoms with E-state index in [2.05, 4.69) is 14.8 Å². The third-order valence-electron chi connectivity index (χ3n) is 6.87. The molecule has 1 atom stereocenters. The predicted octanol–water partition coefficient (Wildman–Crippen LogP) is 6.53. The van der Waals surface area contributed by atoms with Gasteiger partial charge in [0.1, 0.15) is 5.75 Å². The van der Waals surface area contributed by atoms with Gasteiger partial charge in [-0.1, -0.05) is 36.4 Å². The van der Waals surface area contributed by atoms with E-state index in [4.69, 9.17) is 9.90 Å². The summed E-state index contributed by atoms with van der Waals surface area (Å²) >= 11 is 0. The first kappa shape index (κ1) is 34.9. The number of alkyl halides is 6. The SMILES string of the molecule is O=C(O)C(F)(F)F.O=S(=O)(Nc1ccc(-c2ccc(CC3NCCc4cc(O)c(O)cc43)cc2)cc1)c1ccc(OC(F)(F)F)cc1. The number of hydrogen-bond acceptors (Lipinski definition) is 7. The Morgan fingerprint density at radius 1 is 0.851 bits per heavy atom. The van der Waals surface area contributed by atoms with Crippen LogP contribution in [0.15, 0.2) is 89.8 Å². The highest BCUT2D eigenvalue weighted by atomic mass is 32.2. The van der Waals surface area contributed by atoms with Crippen molar-refractivity contribution in [3.05, 3.63) is 102 Å². The van der Waals surface area contributed by atoms with Crippen LogP contribution in [0.2, 0.25) is 0 Å². The molecular formula is C31H26F6N2O7S. The molecular weight excluding hydrogens is 658 g/mol. The third kappa shape index (κ3) is 9.52. The molecule has 5 N–H and O–H groups in total. The molecule has 0 fully saturated rings. The van der Waals surface area contributed by atoms with E-state index in [0.717, 1.165) is 65.0 Å². The second-order valence-corrected chi connectivity index (χ2v) is 11.9. The van der Waals surface area contributed by atoms with Crippen molar-refractivity contribution in [3.63, 3.8) is 0 Å². The van der Waals surface area contributed by atoms with Gasteiger partial charge < -0.3 is 25.4 Å². The fourth-order valence-electron chi connectivity index (χ4n) is 4.68. The van der Waals surface area contributed by atoms with Crippen molar-refractivity contribution < 1.29 is 59.6 Å². The van der Waals surface area contributed by atoms with E-state index in [0.29, 0.717) is 12.1 Å². The van der Waals surface area contributed by atoms with Crippen LogP contribution in [0.25, 0.3) is 11.1 Å². The van der Waals surface area contributed by atoms with E-state index in [1.165, 1.54) is 0 Å². The van der Waals surface area contributed by atoms with Crippen LogP contribution in [-0.2, 0) is 27.7 Å². The number of aliphatic carboxylic acids is 1. The minimum atomic E-state index is -5.08. The number of fused-ring (bicyclic) bond motifs is 1. The van der Waals surface area contributed by atoms with Crippen LogP contribution in [0.1, 0.15) is 22.7 Å². The first-order chi connectivity index (χ1) is 21.9. The lowest BCUT2D eigenvalue weighted by atomic mass is 9.89. The third-order valence-corrected chi connectivity index (χ3v) is 8.27. The van der Waals surface area contributed by atoms with Gasteiger partial charge in [0.15, 0.2) is 11.5 Å². The number of phenols is 2. The van der Waals surface area contributed by atoms with Gasteiger partial charge >= 0.3 is 18.5 Å². The number of carbonyl (C=O) groups is 1. The molecule has 0 aliphatic carbocycles. The number of hydrogen-bond donors (Lipinski definition) is 5. The molecule has 0 bridgehead atoms. The first-order valence-electron chi connectivity index (χ1n) is 13.6. The molecule has 16 heteroatoms.